The SMILES string of the molecule is CC(C)(C)OC(=O)N1CCC(C2C3=NCCC=C3C(CCI)=Cc3cc(Cl)ccc32)CC1. The predicted molar refractivity (Wildman–Crippen MR) is 141 cm³/mol. The van der Waals surface area contributed by atoms with Crippen molar-refractivity contribution in [1.82, 2.24) is 4.90 Å². The molecule has 1 aromatic rings. The number of allylic oxidation sites excluding steroid dienone is 2. The van der Waals surface area contributed by atoms with Gasteiger partial charge in [-0.3, -0.25) is 4.99 Å². The van der Waals surface area contributed by atoms with Crippen LogP contribution in [0.15, 0.2) is 40.4 Å². The molecule has 0 saturated carbocycles. The summed E-state index contributed by atoms with van der Waals surface area (Å²) in [4.78, 5) is 19.5. The number of benzene rings is 1. The molecular weight excluding hydrogens is 535 g/mol. The Bertz CT molecular complexity index is 969. The van der Waals surface area contributed by atoms with Crippen LogP contribution in [0.5, 0.6) is 0 Å². The van der Waals surface area contributed by atoms with Crippen LogP contribution in [0, 0.1) is 5.92 Å². The maximum Gasteiger partial charge on any atom is 0.410 e. The van der Waals surface area contributed by atoms with Crippen LogP contribution in [0.25, 0.3) is 6.08 Å². The zero-order valence-corrected chi connectivity index (χ0v) is 22.1. The number of fused-ring (bicyclic) bond motifs is 2. The first-order valence-electron chi connectivity index (χ1n) is 11.6. The number of nitrogens with zero attached hydrogens (tertiary/aromatic N) is 2. The number of piperidine rings is 1. The maximum absolute atomic E-state index is 12.6. The molecule has 0 spiro atoms. The summed E-state index contributed by atoms with van der Waals surface area (Å²) in [5.41, 5.74) is 6.01. The van der Waals surface area contributed by atoms with Gasteiger partial charge in [-0.2, -0.15) is 0 Å². The fourth-order valence-electron chi connectivity index (χ4n) is 5.04. The van der Waals surface area contributed by atoms with Crippen molar-refractivity contribution in [2.45, 2.75) is 58.0 Å². The average Bonchev–Trinajstić information content (AvgIpc) is 2.87. The molecule has 172 valence electrons. The van der Waals surface area contributed by atoms with Gasteiger partial charge in [0.15, 0.2) is 0 Å². The molecule has 1 unspecified atom stereocenters. The molecule has 1 saturated heterocycles. The highest BCUT2D eigenvalue weighted by Crippen LogP contribution is 2.44. The van der Waals surface area contributed by atoms with E-state index in [2.05, 4.69) is 46.9 Å². The van der Waals surface area contributed by atoms with Crippen molar-refractivity contribution < 1.29 is 9.53 Å². The second-order valence-corrected chi connectivity index (χ2v) is 11.4. The number of carbonyl (C=O) groups excluding carboxylic acids is 1. The lowest BCUT2D eigenvalue weighted by molar-refractivity contribution is 0.0181. The molecule has 3 aliphatic rings. The molecule has 0 radical (unpaired) electrons. The summed E-state index contributed by atoms with van der Waals surface area (Å²) < 4.78 is 6.68. The molecule has 0 aromatic heterocycles. The lowest BCUT2D eigenvalue weighted by atomic mass is 9.74. The Labute approximate surface area is 210 Å². The van der Waals surface area contributed by atoms with Gasteiger partial charge in [-0.1, -0.05) is 52.4 Å². The van der Waals surface area contributed by atoms with Crippen molar-refractivity contribution >= 4 is 52.1 Å². The first-order valence-corrected chi connectivity index (χ1v) is 13.5. The van der Waals surface area contributed by atoms with E-state index in [4.69, 9.17) is 21.3 Å². The number of aliphatic imine (C=N–C) groups is 1. The third kappa shape index (κ3) is 5.24. The smallest absolute Gasteiger partial charge is 0.410 e. The summed E-state index contributed by atoms with van der Waals surface area (Å²) in [6.45, 7) is 8.05. The van der Waals surface area contributed by atoms with Crippen LogP contribution in [0.4, 0.5) is 4.79 Å². The minimum Gasteiger partial charge on any atom is -0.444 e. The predicted octanol–water partition coefficient (Wildman–Crippen LogP) is 7.06. The number of halogens is 2. The quantitative estimate of drug-likeness (QED) is 0.290. The number of hydrogen-bond acceptors (Lipinski definition) is 3. The molecule has 0 bridgehead atoms. The summed E-state index contributed by atoms with van der Waals surface area (Å²) in [6.07, 6.45) is 8.43. The Morgan fingerprint density at radius 1 is 1.28 bits per heavy atom. The van der Waals surface area contributed by atoms with Gasteiger partial charge in [-0.15, -0.1) is 0 Å². The van der Waals surface area contributed by atoms with Gasteiger partial charge in [0.25, 0.3) is 0 Å². The summed E-state index contributed by atoms with van der Waals surface area (Å²) in [6, 6.07) is 6.30. The molecule has 2 aliphatic heterocycles. The standard InChI is InChI=1S/C26H32ClIN2O2/c1-26(2,3)32-25(31)30-13-9-17(10-14-30)23-21-7-6-20(27)16-19(21)15-18(8-11-28)22-5-4-12-29-24(22)23/h5-7,15-17,23H,4,8-14H2,1-3H3. The topological polar surface area (TPSA) is 41.9 Å². The Morgan fingerprint density at radius 3 is 2.72 bits per heavy atom. The number of likely N-dealkylation sites (tertiary alicyclic amines) is 1. The van der Waals surface area contributed by atoms with Crippen LogP contribution >= 0.6 is 34.2 Å². The van der Waals surface area contributed by atoms with Gasteiger partial charge in [-0.25, -0.2) is 4.79 Å². The van der Waals surface area contributed by atoms with E-state index in [-0.39, 0.29) is 12.0 Å². The lowest BCUT2D eigenvalue weighted by Crippen LogP contribution is -2.43. The minimum atomic E-state index is -0.468. The average molecular weight is 567 g/mol. The van der Waals surface area contributed by atoms with E-state index in [9.17, 15) is 4.79 Å². The molecule has 1 amide bonds. The Balaban J connectivity index is 1.64. The minimum absolute atomic E-state index is 0.203. The molecule has 1 fully saturated rings. The van der Waals surface area contributed by atoms with E-state index in [0.717, 1.165) is 54.8 Å². The van der Waals surface area contributed by atoms with Gasteiger partial charge in [0.2, 0.25) is 0 Å². The third-order valence-electron chi connectivity index (χ3n) is 6.42. The summed E-state index contributed by atoms with van der Waals surface area (Å²) in [5.74, 6) is 0.666. The second-order valence-electron chi connectivity index (χ2n) is 9.84. The normalized spacial score (nSPS) is 21.6. The van der Waals surface area contributed by atoms with E-state index in [0.29, 0.717) is 5.92 Å². The molecule has 6 heteroatoms. The molecule has 4 nitrogen and oxygen atoms in total. The van der Waals surface area contributed by atoms with Crippen LogP contribution in [-0.2, 0) is 4.74 Å². The zero-order chi connectivity index (χ0) is 22.9. The molecule has 1 atom stereocenters. The van der Waals surface area contributed by atoms with Gasteiger partial charge in [-0.05, 0) is 86.8 Å². The Kier molecular flexibility index (Phi) is 7.35. The van der Waals surface area contributed by atoms with Crippen LogP contribution < -0.4 is 0 Å². The monoisotopic (exact) mass is 566 g/mol. The molecule has 32 heavy (non-hydrogen) atoms. The van der Waals surface area contributed by atoms with E-state index in [1.807, 2.05) is 31.7 Å². The third-order valence-corrected chi connectivity index (χ3v) is 7.19. The van der Waals surface area contributed by atoms with Gasteiger partial charge in [0.1, 0.15) is 5.60 Å². The van der Waals surface area contributed by atoms with Crippen LogP contribution in [0.1, 0.15) is 63.5 Å². The fourth-order valence-corrected chi connectivity index (χ4v) is 5.80. The summed E-state index contributed by atoms with van der Waals surface area (Å²) in [5, 5.41) is 0.771. The van der Waals surface area contributed by atoms with E-state index in [1.165, 1.54) is 28.0 Å². The van der Waals surface area contributed by atoms with Gasteiger partial charge < -0.3 is 9.64 Å². The van der Waals surface area contributed by atoms with Crippen molar-refractivity contribution in [2.75, 3.05) is 24.1 Å². The molecule has 1 aliphatic carbocycles. The molecular formula is C26H32ClIN2O2. The second kappa shape index (κ2) is 9.88. The van der Waals surface area contributed by atoms with Crippen molar-refractivity contribution in [3.8, 4) is 0 Å². The molecule has 1 aromatic carbocycles. The highest BCUT2D eigenvalue weighted by atomic mass is 127. The van der Waals surface area contributed by atoms with Gasteiger partial charge >= 0.3 is 6.09 Å². The number of hydrogen-bond donors (Lipinski definition) is 0. The highest BCUT2D eigenvalue weighted by Gasteiger charge is 2.37. The molecule has 2 heterocycles. The zero-order valence-electron chi connectivity index (χ0n) is 19.2. The number of ether oxygens (including phenoxy) is 1. The number of rotatable bonds is 3. The summed E-state index contributed by atoms with van der Waals surface area (Å²) in [7, 11) is 0. The number of amides is 1. The number of carbonyl (C=O) groups is 1. The fraction of sp³-hybridized carbons (Fsp3) is 0.538. The first kappa shape index (κ1) is 23.8. The van der Waals surface area contributed by atoms with Crippen LogP contribution in [0.3, 0.4) is 0 Å². The first-order chi connectivity index (χ1) is 15.3. The molecule has 4 rings (SSSR count). The highest BCUT2D eigenvalue weighted by molar-refractivity contribution is 14.1. The van der Waals surface area contributed by atoms with Crippen LogP contribution in [0.2, 0.25) is 5.02 Å². The van der Waals surface area contributed by atoms with Crippen molar-refractivity contribution in [2.24, 2.45) is 10.9 Å². The largest absolute Gasteiger partial charge is 0.444 e. The summed E-state index contributed by atoms with van der Waals surface area (Å²) >= 11 is 8.87. The van der Waals surface area contributed by atoms with E-state index in [1.54, 1.807) is 0 Å². The van der Waals surface area contributed by atoms with Gasteiger partial charge in [0.05, 0.1) is 0 Å². The van der Waals surface area contributed by atoms with E-state index >= 15 is 0 Å². The Hall–Kier alpha value is -1.34. The Morgan fingerprint density at radius 2 is 2.03 bits per heavy atom. The lowest BCUT2D eigenvalue weighted by Gasteiger charge is -2.38. The molecule has 0 N–H and O–H groups in total. The van der Waals surface area contributed by atoms with Crippen LogP contribution in [-0.4, -0.2) is 46.4 Å². The van der Waals surface area contributed by atoms with Crippen molar-refractivity contribution in [1.29, 1.82) is 0 Å². The number of alkyl halides is 1. The van der Waals surface area contributed by atoms with Crippen molar-refractivity contribution in [3.05, 3.63) is 51.6 Å². The van der Waals surface area contributed by atoms with Crippen molar-refractivity contribution in [3.63, 3.8) is 0 Å². The van der Waals surface area contributed by atoms with Gasteiger partial charge in [0, 0.05) is 40.7 Å². The van der Waals surface area contributed by atoms with E-state index < -0.39 is 5.60 Å². The maximum atomic E-state index is 12.6. The number of dihydropyridines is 1.